The number of unbranched alkanes of at least 4 members (excludes halogenated alkanes) is 4. The number of hydrogen-bond donors (Lipinski definition) is 1. The number of rotatable bonds is 10. The number of amides is 1. The molecule has 0 fully saturated rings. The molecular weight excluding hydrogens is 374 g/mol. The molecule has 0 aliphatic rings. The SMILES string of the molecule is C=CCCCCCC[C@H](NC(=O)c1c2ccccc2cc2ccccc12)C(=O)OC. The van der Waals surface area contributed by atoms with Crippen molar-refractivity contribution in [2.75, 3.05) is 7.11 Å². The normalized spacial score (nSPS) is 11.9. The molecule has 0 spiro atoms. The van der Waals surface area contributed by atoms with E-state index in [-0.39, 0.29) is 5.91 Å². The van der Waals surface area contributed by atoms with Crippen LogP contribution in [0.3, 0.4) is 0 Å². The van der Waals surface area contributed by atoms with Gasteiger partial charge in [-0.2, -0.15) is 0 Å². The second-order valence-electron chi connectivity index (χ2n) is 7.52. The number of fused-ring (bicyclic) bond motifs is 2. The molecule has 156 valence electrons. The summed E-state index contributed by atoms with van der Waals surface area (Å²) in [7, 11) is 1.36. The van der Waals surface area contributed by atoms with Crippen LogP contribution in [0.5, 0.6) is 0 Å². The first-order valence-electron chi connectivity index (χ1n) is 10.6. The van der Waals surface area contributed by atoms with Crippen molar-refractivity contribution in [3.05, 3.63) is 72.8 Å². The van der Waals surface area contributed by atoms with Crippen LogP contribution in [0, 0.1) is 0 Å². The van der Waals surface area contributed by atoms with Gasteiger partial charge in [-0.05, 0) is 46.9 Å². The van der Waals surface area contributed by atoms with Crippen molar-refractivity contribution in [1.29, 1.82) is 0 Å². The van der Waals surface area contributed by atoms with Crippen LogP contribution in [-0.2, 0) is 9.53 Å². The average molecular weight is 404 g/mol. The zero-order chi connectivity index (χ0) is 21.3. The maximum absolute atomic E-state index is 13.3. The Balaban J connectivity index is 1.83. The van der Waals surface area contributed by atoms with Gasteiger partial charge in [-0.15, -0.1) is 6.58 Å². The minimum Gasteiger partial charge on any atom is -0.467 e. The van der Waals surface area contributed by atoms with Gasteiger partial charge in [-0.25, -0.2) is 4.79 Å². The van der Waals surface area contributed by atoms with E-state index in [1.54, 1.807) is 0 Å². The first-order chi connectivity index (χ1) is 14.7. The van der Waals surface area contributed by atoms with E-state index in [0.717, 1.165) is 53.6 Å². The zero-order valence-electron chi connectivity index (χ0n) is 17.5. The second-order valence-corrected chi connectivity index (χ2v) is 7.52. The summed E-state index contributed by atoms with van der Waals surface area (Å²) in [5, 5.41) is 6.69. The number of ether oxygens (including phenoxy) is 1. The monoisotopic (exact) mass is 403 g/mol. The minimum absolute atomic E-state index is 0.245. The molecule has 0 saturated carbocycles. The number of hydrogen-bond acceptors (Lipinski definition) is 3. The van der Waals surface area contributed by atoms with Gasteiger partial charge in [0.05, 0.1) is 12.7 Å². The van der Waals surface area contributed by atoms with Gasteiger partial charge in [0.25, 0.3) is 5.91 Å². The highest BCUT2D eigenvalue weighted by atomic mass is 16.5. The molecule has 4 nitrogen and oxygen atoms in total. The van der Waals surface area contributed by atoms with E-state index < -0.39 is 12.0 Å². The molecule has 3 aromatic carbocycles. The average Bonchev–Trinajstić information content (AvgIpc) is 2.78. The summed E-state index contributed by atoms with van der Waals surface area (Å²) in [6.45, 7) is 3.74. The Bertz CT molecular complexity index is 987. The predicted octanol–water partition coefficient (Wildman–Crippen LogP) is 5.79. The van der Waals surface area contributed by atoms with Crippen LogP contribution in [0.1, 0.15) is 48.9 Å². The molecule has 1 amide bonds. The number of methoxy groups -OCH3 is 1. The van der Waals surface area contributed by atoms with E-state index in [9.17, 15) is 9.59 Å². The van der Waals surface area contributed by atoms with Crippen molar-refractivity contribution in [2.45, 2.75) is 44.6 Å². The summed E-state index contributed by atoms with van der Waals surface area (Å²) in [5.41, 5.74) is 0.601. The van der Waals surface area contributed by atoms with Crippen LogP contribution in [-0.4, -0.2) is 25.0 Å². The second kappa shape index (κ2) is 10.6. The molecule has 0 radical (unpaired) electrons. The lowest BCUT2D eigenvalue weighted by atomic mass is 9.96. The van der Waals surface area contributed by atoms with Gasteiger partial charge in [0.15, 0.2) is 0 Å². The van der Waals surface area contributed by atoms with Crippen molar-refractivity contribution in [1.82, 2.24) is 5.32 Å². The van der Waals surface area contributed by atoms with Gasteiger partial charge >= 0.3 is 5.97 Å². The van der Waals surface area contributed by atoms with E-state index in [2.05, 4.69) is 18.0 Å². The molecule has 0 unspecified atom stereocenters. The summed E-state index contributed by atoms with van der Waals surface area (Å²) >= 11 is 0. The van der Waals surface area contributed by atoms with E-state index in [4.69, 9.17) is 4.74 Å². The van der Waals surface area contributed by atoms with Gasteiger partial charge in [0.2, 0.25) is 0 Å². The van der Waals surface area contributed by atoms with Crippen LogP contribution in [0.2, 0.25) is 0 Å². The first kappa shape index (κ1) is 21.6. The van der Waals surface area contributed by atoms with Gasteiger partial charge < -0.3 is 10.1 Å². The third-order valence-electron chi connectivity index (χ3n) is 5.44. The van der Waals surface area contributed by atoms with E-state index in [1.807, 2.05) is 54.6 Å². The van der Waals surface area contributed by atoms with Gasteiger partial charge in [-0.3, -0.25) is 4.79 Å². The summed E-state index contributed by atoms with van der Waals surface area (Å²) in [4.78, 5) is 25.7. The summed E-state index contributed by atoms with van der Waals surface area (Å²) in [6.07, 6.45) is 7.54. The highest BCUT2D eigenvalue weighted by Crippen LogP contribution is 2.28. The third-order valence-corrected chi connectivity index (χ3v) is 5.44. The fourth-order valence-corrected chi connectivity index (χ4v) is 3.87. The Hall–Kier alpha value is -3.14. The van der Waals surface area contributed by atoms with Crippen LogP contribution in [0.4, 0.5) is 0 Å². The number of benzene rings is 3. The maximum atomic E-state index is 13.3. The Morgan fingerprint density at radius 1 is 0.967 bits per heavy atom. The van der Waals surface area contributed by atoms with Crippen LogP contribution >= 0.6 is 0 Å². The molecule has 4 heteroatoms. The quantitative estimate of drug-likeness (QED) is 0.202. The highest BCUT2D eigenvalue weighted by Gasteiger charge is 2.24. The summed E-state index contributed by atoms with van der Waals surface area (Å²) in [6, 6.07) is 17.1. The molecule has 0 aromatic heterocycles. The van der Waals surface area contributed by atoms with Gasteiger partial charge in [0, 0.05) is 0 Å². The van der Waals surface area contributed by atoms with Crippen molar-refractivity contribution < 1.29 is 14.3 Å². The number of esters is 1. The minimum atomic E-state index is -0.653. The molecule has 3 rings (SSSR count). The van der Waals surface area contributed by atoms with Crippen molar-refractivity contribution in [3.63, 3.8) is 0 Å². The Labute approximate surface area is 177 Å². The molecule has 30 heavy (non-hydrogen) atoms. The van der Waals surface area contributed by atoms with Crippen molar-refractivity contribution in [3.8, 4) is 0 Å². The Morgan fingerprint density at radius 2 is 1.57 bits per heavy atom. The standard InChI is InChI=1S/C26H29NO3/c1-3-4-5-6-7-8-17-23(26(29)30-2)27-25(28)24-21-15-11-9-13-19(21)18-20-14-10-12-16-22(20)24/h3,9-16,18,23H,1,4-8,17H2,2H3,(H,27,28)/t23-/m0/s1. The smallest absolute Gasteiger partial charge is 0.328 e. The number of nitrogens with one attached hydrogen (secondary N) is 1. The van der Waals surface area contributed by atoms with Crippen LogP contribution in [0.15, 0.2) is 67.3 Å². The molecule has 0 bridgehead atoms. The molecule has 0 aliphatic heterocycles. The number of carbonyl (C=O) groups excluding carboxylic acids is 2. The van der Waals surface area contributed by atoms with E-state index in [1.165, 1.54) is 7.11 Å². The Kier molecular flexibility index (Phi) is 7.61. The third kappa shape index (κ3) is 5.07. The molecule has 3 aromatic rings. The first-order valence-corrected chi connectivity index (χ1v) is 10.6. The lowest BCUT2D eigenvalue weighted by Gasteiger charge is -2.18. The lowest BCUT2D eigenvalue weighted by Crippen LogP contribution is -2.41. The topological polar surface area (TPSA) is 55.4 Å². The fraction of sp³-hybridized carbons (Fsp3) is 0.308. The molecule has 0 aliphatic carbocycles. The van der Waals surface area contributed by atoms with E-state index >= 15 is 0 Å². The molecule has 1 atom stereocenters. The largest absolute Gasteiger partial charge is 0.467 e. The van der Waals surface area contributed by atoms with E-state index in [0.29, 0.717) is 12.0 Å². The zero-order valence-corrected chi connectivity index (χ0v) is 17.5. The predicted molar refractivity (Wildman–Crippen MR) is 123 cm³/mol. The number of allylic oxidation sites excluding steroid dienone is 1. The van der Waals surface area contributed by atoms with Gasteiger partial charge in [-0.1, -0.05) is 73.9 Å². The van der Waals surface area contributed by atoms with Crippen molar-refractivity contribution >= 4 is 33.4 Å². The molecular formula is C26H29NO3. The summed E-state index contributed by atoms with van der Waals surface area (Å²) in [5.74, 6) is -0.649. The number of carbonyl (C=O) groups is 2. The molecule has 0 heterocycles. The van der Waals surface area contributed by atoms with Gasteiger partial charge in [0.1, 0.15) is 6.04 Å². The molecule has 1 N–H and O–H groups in total. The van der Waals surface area contributed by atoms with Crippen LogP contribution in [0.25, 0.3) is 21.5 Å². The lowest BCUT2D eigenvalue weighted by molar-refractivity contribution is -0.143. The summed E-state index contributed by atoms with van der Waals surface area (Å²) < 4.78 is 4.95. The molecule has 0 saturated heterocycles. The maximum Gasteiger partial charge on any atom is 0.328 e. The fourth-order valence-electron chi connectivity index (χ4n) is 3.87. The highest BCUT2D eigenvalue weighted by molar-refractivity contribution is 6.18. The van der Waals surface area contributed by atoms with Crippen molar-refractivity contribution in [2.24, 2.45) is 0 Å². The Morgan fingerprint density at radius 3 is 2.17 bits per heavy atom. The van der Waals surface area contributed by atoms with Crippen LogP contribution < -0.4 is 5.32 Å².